The molecule has 0 aromatic heterocycles. The van der Waals surface area contributed by atoms with E-state index in [0.29, 0.717) is 17.3 Å². The van der Waals surface area contributed by atoms with E-state index in [9.17, 15) is 15.0 Å². The fourth-order valence-corrected chi connectivity index (χ4v) is 7.26. The molecule has 0 saturated heterocycles. The zero-order valence-electron chi connectivity index (χ0n) is 24.0. The number of carbonyl (C=O) groups is 1. The zero-order chi connectivity index (χ0) is 26.7. The predicted molar refractivity (Wildman–Crippen MR) is 149 cm³/mol. The van der Waals surface area contributed by atoms with Crippen molar-refractivity contribution in [2.24, 2.45) is 28.6 Å². The van der Waals surface area contributed by atoms with Crippen LogP contribution in [0.4, 0.5) is 0 Å². The molecule has 0 spiro atoms. The Morgan fingerprint density at radius 1 is 1.19 bits per heavy atom. The first-order valence-electron chi connectivity index (χ1n) is 14.5. The summed E-state index contributed by atoms with van der Waals surface area (Å²) in [6, 6.07) is 0.107. The van der Waals surface area contributed by atoms with Gasteiger partial charge in [-0.05, 0) is 114 Å². The van der Waals surface area contributed by atoms with E-state index in [0.717, 1.165) is 38.0 Å². The van der Waals surface area contributed by atoms with E-state index in [4.69, 9.17) is 0 Å². The summed E-state index contributed by atoms with van der Waals surface area (Å²) in [6.45, 7) is 16.6. The normalized spacial score (nSPS) is 32.6. The lowest BCUT2D eigenvalue weighted by Crippen LogP contribution is -2.45. The topological polar surface area (TPSA) is 69.6 Å². The second-order valence-corrected chi connectivity index (χ2v) is 13.8. The molecule has 0 aliphatic heterocycles. The highest BCUT2D eigenvalue weighted by atomic mass is 16.3. The highest BCUT2D eigenvalue weighted by molar-refractivity contribution is 5.82. The summed E-state index contributed by atoms with van der Waals surface area (Å²) in [5.74, 6) is 2.06. The van der Waals surface area contributed by atoms with Gasteiger partial charge in [-0.1, -0.05) is 56.6 Å². The average molecular weight is 500 g/mol. The first-order valence-corrected chi connectivity index (χ1v) is 14.5. The molecule has 2 unspecified atom stereocenters. The standard InChI is InChI=1S/C32H53NO3/c1-22-12-15-26(33-29(35)30(3,4)21-34)20-25(22)14-13-24-11-9-19-32(7)27(16-17-28(24)32)23(2)10-8-18-31(5,6)36/h13-14,23,26-28,34,36H,1,8-12,15-21H2,2-7H3,(H,33,35)/b24-13+,25-14-/t23-,26-,27?,28?,32-/m1/s1. The van der Waals surface area contributed by atoms with Crippen molar-refractivity contribution in [3.63, 3.8) is 0 Å². The van der Waals surface area contributed by atoms with Gasteiger partial charge in [0.1, 0.15) is 0 Å². The largest absolute Gasteiger partial charge is 0.395 e. The third-order valence-electron chi connectivity index (χ3n) is 9.73. The van der Waals surface area contributed by atoms with Crippen LogP contribution in [-0.2, 0) is 4.79 Å². The molecule has 4 heteroatoms. The van der Waals surface area contributed by atoms with Crippen molar-refractivity contribution in [3.05, 3.63) is 35.5 Å². The molecule has 0 aromatic carbocycles. The Morgan fingerprint density at radius 2 is 1.92 bits per heavy atom. The summed E-state index contributed by atoms with van der Waals surface area (Å²) in [4.78, 5) is 12.6. The van der Waals surface area contributed by atoms with Gasteiger partial charge in [0.15, 0.2) is 0 Å². The highest BCUT2D eigenvalue weighted by Gasteiger charge is 2.50. The third kappa shape index (κ3) is 6.92. The molecule has 0 radical (unpaired) electrons. The van der Waals surface area contributed by atoms with Crippen LogP contribution in [-0.4, -0.2) is 34.4 Å². The summed E-state index contributed by atoms with van der Waals surface area (Å²) in [6.07, 6.45) is 16.9. The van der Waals surface area contributed by atoms with Crippen molar-refractivity contribution < 1.29 is 15.0 Å². The molecule has 0 bridgehead atoms. The van der Waals surface area contributed by atoms with Crippen molar-refractivity contribution in [3.8, 4) is 0 Å². The van der Waals surface area contributed by atoms with E-state index in [1.807, 2.05) is 13.8 Å². The Hall–Kier alpha value is -1.39. The van der Waals surface area contributed by atoms with Crippen LogP contribution in [0, 0.1) is 28.6 Å². The molecule has 5 atom stereocenters. The molecule has 3 aliphatic carbocycles. The Morgan fingerprint density at radius 3 is 2.58 bits per heavy atom. The SMILES string of the molecule is C=C1CC[C@@H](NC(=O)C(C)(C)CO)C/C1=C/C=C1\CCC[C@@]2(C)C1CCC2[C@H](C)CCCC(C)(C)O. The van der Waals surface area contributed by atoms with Crippen LogP contribution in [0.2, 0.25) is 0 Å². The number of nitrogens with one attached hydrogen (secondary N) is 1. The summed E-state index contributed by atoms with van der Waals surface area (Å²) >= 11 is 0. The number of hydrogen-bond acceptors (Lipinski definition) is 3. The summed E-state index contributed by atoms with van der Waals surface area (Å²) in [7, 11) is 0. The number of amides is 1. The molecular formula is C32H53NO3. The molecule has 3 fully saturated rings. The van der Waals surface area contributed by atoms with Gasteiger partial charge in [0.25, 0.3) is 0 Å². The van der Waals surface area contributed by atoms with E-state index >= 15 is 0 Å². The van der Waals surface area contributed by atoms with E-state index in [-0.39, 0.29) is 18.6 Å². The van der Waals surface area contributed by atoms with Gasteiger partial charge in [-0.15, -0.1) is 0 Å². The quantitative estimate of drug-likeness (QED) is 0.324. The van der Waals surface area contributed by atoms with Gasteiger partial charge in [0.05, 0.1) is 17.6 Å². The van der Waals surface area contributed by atoms with Gasteiger partial charge in [-0.2, -0.15) is 0 Å². The van der Waals surface area contributed by atoms with Crippen LogP contribution in [0.3, 0.4) is 0 Å². The van der Waals surface area contributed by atoms with E-state index < -0.39 is 11.0 Å². The Kier molecular flexibility index (Phi) is 9.36. The van der Waals surface area contributed by atoms with Crippen LogP contribution in [0.5, 0.6) is 0 Å². The van der Waals surface area contributed by atoms with Gasteiger partial charge in [0, 0.05) is 6.04 Å². The lowest BCUT2D eigenvalue weighted by molar-refractivity contribution is -0.132. The van der Waals surface area contributed by atoms with Crippen molar-refractivity contribution in [1.29, 1.82) is 0 Å². The molecule has 36 heavy (non-hydrogen) atoms. The second-order valence-electron chi connectivity index (χ2n) is 13.8. The number of hydrogen-bond donors (Lipinski definition) is 3. The minimum Gasteiger partial charge on any atom is -0.395 e. The molecule has 1 amide bonds. The number of carbonyl (C=O) groups excluding carboxylic acids is 1. The van der Waals surface area contributed by atoms with Gasteiger partial charge in [-0.25, -0.2) is 0 Å². The van der Waals surface area contributed by atoms with Gasteiger partial charge in [0.2, 0.25) is 5.91 Å². The molecule has 3 N–H and O–H groups in total. The monoisotopic (exact) mass is 499 g/mol. The molecule has 204 valence electrons. The number of fused-ring (bicyclic) bond motifs is 1. The number of allylic oxidation sites excluding steroid dienone is 4. The molecule has 3 aliphatic rings. The van der Waals surface area contributed by atoms with E-state index in [1.165, 1.54) is 49.7 Å². The minimum absolute atomic E-state index is 0.0723. The fourth-order valence-electron chi connectivity index (χ4n) is 7.26. The van der Waals surface area contributed by atoms with Crippen LogP contribution in [0.15, 0.2) is 35.5 Å². The van der Waals surface area contributed by atoms with Crippen LogP contribution >= 0.6 is 0 Å². The van der Waals surface area contributed by atoms with Crippen LogP contribution in [0.1, 0.15) is 112 Å². The molecular weight excluding hydrogens is 446 g/mol. The van der Waals surface area contributed by atoms with Crippen molar-refractivity contribution in [2.75, 3.05) is 6.61 Å². The Labute approximate surface area is 220 Å². The summed E-state index contributed by atoms with van der Waals surface area (Å²) < 4.78 is 0. The number of aliphatic hydroxyl groups is 2. The average Bonchev–Trinajstić information content (AvgIpc) is 3.16. The highest BCUT2D eigenvalue weighted by Crippen LogP contribution is 2.60. The lowest BCUT2D eigenvalue weighted by atomic mass is 9.60. The molecule has 0 heterocycles. The van der Waals surface area contributed by atoms with E-state index in [1.54, 1.807) is 19.4 Å². The maximum absolute atomic E-state index is 12.6. The second kappa shape index (κ2) is 11.6. The molecule has 3 rings (SSSR count). The van der Waals surface area contributed by atoms with Gasteiger partial charge < -0.3 is 15.5 Å². The smallest absolute Gasteiger partial charge is 0.228 e. The van der Waals surface area contributed by atoms with Gasteiger partial charge >= 0.3 is 0 Å². The summed E-state index contributed by atoms with van der Waals surface area (Å²) in [5, 5.41) is 22.8. The first kappa shape index (κ1) is 29.2. The summed E-state index contributed by atoms with van der Waals surface area (Å²) in [5.41, 5.74) is 3.15. The third-order valence-corrected chi connectivity index (χ3v) is 9.73. The Bertz CT molecular complexity index is 861. The number of aliphatic hydroxyl groups excluding tert-OH is 1. The van der Waals surface area contributed by atoms with Crippen molar-refractivity contribution >= 4 is 5.91 Å². The molecule has 0 aromatic rings. The molecule has 4 nitrogen and oxygen atoms in total. The van der Waals surface area contributed by atoms with Crippen molar-refractivity contribution in [1.82, 2.24) is 5.32 Å². The lowest BCUT2D eigenvalue weighted by Gasteiger charge is -2.44. The van der Waals surface area contributed by atoms with Gasteiger partial charge in [-0.3, -0.25) is 4.79 Å². The van der Waals surface area contributed by atoms with E-state index in [2.05, 4.69) is 37.9 Å². The maximum Gasteiger partial charge on any atom is 0.228 e. The number of rotatable bonds is 9. The first-order chi connectivity index (χ1) is 16.8. The van der Waals surface area contributed by atoms with Crippen molar-refractivity contribution in [2.45, 2.75) is 124 Å². The molecule has 3 saturated carbocycles. The van der Waals surface area contributed by atoms with Crippen LogP contribution < -0.4 is 5.32 Å². The predicted octanol–water partition coefficient (Wildman–Crippen LogP) is 6.88. The Balaban J connectivity index is 1.67. The maximum atomic E-state index is 12.6. The zero-order valence-corrected chi connectivity index (χ0v) is 24.0. The fraction of sp³-hybridized carbons (Fsp3) is 0.781. The minimum atomic E-state index is -0.753. The van der Waals surface area contributed by atoms with Crippen LogP contribution in [0.25, 0.3) is 0 Å².